The largest absolute Gasteiger partial charge is 0.477 e. The second kappa shape index (κ2) is 7.72. The summed E-state index contributed by atoms with van der Waals surface area (Å²) in [7, 11) is 0. The summed E-state index contributed by atoms with van der Waals surface area (Å²) in [5.41, 5.74) is 5.91. The molecule has 3 heterocycles. The van der Waals surface area contributed by atoms with Gasteiger partial charge >= 0.3 is 5.97 Å². The summed E-state index contributed by atoms with van der Waals surface area (Å²) in [6.07, 6.45) is 2.71. The van der Waals surface area contributed by atoms with Gasteiger partial charge in [0, 0.05) is 23.9 Å². The van der Waals surface area contributed by atoms with E-state index in [4.69, 9.17) is 10.2 Å². The number of aromatic amines is 1. The molecule has 0 unspecified atom stereocenters. The molecule has 7 nitrogen and oxygen atoms in total. The first kappa shape index (κ1) is 20.7. The van der Waals surface area contributed by atoms with E-state index in [-0.39, 0.29) is 57.3 Å². The summed E-state index contributed by atoms with van der Waals surface area (Å²) in [5.74, 6) is -2.56. The molecule has 0 bridgehead atoms. The van der Waals surface area contributed by atoms with Crippen molar-refractivity contribution >= 4 is 27.8 Å². The molecule has 4 N–H and O–H groups in total. The van der Waals surface area contributed by atoms with Crippen LogP contribution in [0.5, 0.6) is 0 Å². The van der Waals surface area contributed by atoms with Crippen LogP contribution in [0.4, 0.5) is 8.78 Å². The first-order chi connectivity index (χ1) is 15.9. The number of aromatic nitrogens is 2. The highest BCUT2D eigenvalue weighted by atomic mass is 19.1. The van der Waals surface area contributed by atoms with Crippen molar-refractivity contribution < 1.29 is 23.1 Å². The molecule has 9 heteroatoms. The van der Waals surface area contributed by atoms with E-state index in [1.54, 1.807) is 12.1 Å². The highest BCUT2D eigenvalue weighted by Gasteiger charge is 2.29. The normalized spacial score (nSPS) is 11.5. The maximum absolute atomic E-state index is 14.9. The van der Waals surface area contributed by atoms with Gasteiger partial charge in [-0.2, -0.15) is 0 Å². The Morgan fingerprint density at radius 1 is 1.15 bits per heavy atom. The van der Waals surface area contributed by atoms with Crippen molar-refractivity contribution in [2.45, 2.75) is 13.1 Å². The van der Waals surface area contributed by atoms with Gasteiger partial charge in [-0.3, -0.25) is 4.79 Å². The molecule has 5 rings (SSSR count). The molecule has 0 atom stereocenters. The Labute approximate surface area is 184 Å². The van der Waals surface area contributed by atoms with E-state index in [1.807, 2.05) is 0 Å². The summed E-state index contributed by atoms with van der Waals surface area (Å²) < 4.78 is 36.5. The fraction of sp³-hybridized carbons (Fsp3) is 0.0833. The van der Waals surface area contributed by atoms with Crippen LogP contribution in [-0.4, -0.2) is 20.6 Å². The summed E-state index contributed by atoms with van der Waals surface area (Å²) in [6.45, 7) is -0.0716. The van der Waals surface area contributed by atoms with E-state index in [9.17, 15) is 23.5 Å². The molecule has 0 radical (unpaired) electrons. The van der Waals surface area contributed by atoms with Crippen molar-refractivity contribution in [1.29, 1.82) is 0 Å². The number of furan rings is 1. The number of pyridine rings is 1. The third-order valence-electron chi connectivity index (χ3n) is 5.69. The number of hydrogen-bond acceptors (Lipinski definition) is 4. The maximum atomic E-state index is 14.9. The molecular weight excluding hydrogens is 432 g/mol. The number of carboxylic acid groups (broad SMARTS) is 1. The van der Waals surface area contributed by atoms with Crippen molar-refractivity contribution in [2.24, 2.45) is 5.73 Å². The summed E-state index contributed by atoms with van der Waals surface area (Å²) in [6, 6.07) is 10.0. The number of fused-ring (bicyclic) bond motifs is 3. The average Bonchev–Trinajstić information content (AvgIpc) is 3.39. The molecule has 0 amide bonds. The Hall–Kier alpha value is -4.24. The van der Waals surface area contributed by atoms with E-state index in [0.717, 1.165) is 0 Å². The van der Waals surface area contributed by atoms with Crippen LogP contribution in [0.1, 0.15) is 21.6 Å². The Kier molecular flexibility index (Phi) is 4.83. The molecule has 33 heavy (non-hydrogen) atoms. The maximum Gasteiger partial charge on any atom is 0.353 e. The van der Waals surface area contributed by atoms with Crippen LogP contribution in [0, 0.1) is 11.6 Å². The van der Waals surface area contributed by atoms with Crippen molar-refractivity contribution in [3.05, 3.63) is 93.7 Å². The molecule has 0 fully saturated rings. The van der Waals surface area contributed by atoms with Gasteiger partial charge in [0.1, 0.15) is 22.9 Å². The monoisotopic (exact) mass is 449 g/mol. The molecule has 2 aromatic carbocycles. The van der Waals surface area contributed by atoms with E-state index in [2.05, 4.69) is 4.98 Å². The van der Waals surface area contributed by atoms with Gasteiger partial charge in [-0.05, 0) is 35.9 Å². The first-order valence-corrected chi connectivity index (χ1v) is 10.0. The van der Waals surface area contributed by atoms with Gasteiger partial charge in [0.05, 0.1) is 34.7 Å². The van der Waals surface area contributed by atoms with Crippen LogP contribution in [-0.2, 0) is 13.1 Å². The lowest BCUT2D eigenvalue weighted by molar-refractivity contribution is 0.0687. The molecule has 0 aliphatic heterocycles. The number of aromatic carboxylic acids is 1. The highest BCUT2D eigenvalue weighted by Crippen LogP contribution is 2.40. The van der Waals surface area contributed by atoms with E-state index in [0.29, 0.717) is 5.56 Å². The van der Waals surface area contributed by atoms with Crippen LogP contribution in [0.2, 0.25) is 0 Å². The van der Waals surface area contributed by atoms with Gasteiger partial charge in [0.25, 0.3) is 5.56 Å². The van der Waals surface area contributed by atoms with Gasteiger partial charge in [-0.1, -0.05) is 12.1 Å². The van der Waals surface area contributed by atoms with Gasteiger partial charge in [0.2, 0.25) is 0 Å². The van der Waals surface area contributed by atoms with Gasteiger partial charge < -0.3 is 24.8 Å². The van der Waals surface area contributed by atoms with Crippen LogP contribution < -0.4 is 11.3 Å². The Morgan fingerprint density at radius 3 is 2.67 bits per heavy atom. The van der Waals surface area contributed by atoms with Gasteiger partial charge in [-0.25, -0.2) is 13.6 Å². The van der Waals surface area contributed by atoms with Crippen LogP contribution in [0.25, 0.3) is 33.0 Å². The number of rotatable bonds is 5. The SMILES string of the molecule is NCc1ccc(Cn2c(C(=O)O)c(-c3ccc[nH]c3=O)c3c4occc4c(F)cc32)c(F)c1. The number of carboxylic acids is 1. The first-order valence-electron chi connectivity index (χ1n) is 10.0. The predicted molar refractivity (Wildman–Crippen MR) is 118 cm³/mol. The summed E-state index contributed by atoms with van der Waals surface area (Å²) >= 11 is 0. The Morgan fingerprint density at radius 2 is 1.97 bits per heavy atom. The van der Waals surface area contributed by atoms with Gasteiger partial charge in [-0.15, -0.1) is 0 Å². The van der Waals surface area contributed by atoms with Crippen LogP contribution in [0.3, 0.4) is 0 Å². The third-order valence-corrected chi connectivity index (χ3v) is 5.69. The lowest BCUT2D eigenvalue weighted by Gasteiger charge is -2.11. The fourth-order valence-corrected chi connectivity index (χ4v) is 4.19. The van der Waals surface area contributed by atoms with Crippen molar-refractivity contribution in [3.8, 4) is 11.1 Å². The van der Waals surface area contributed by atoms with Crippen molar-refractivity contribution in [3.63, 3.8) is 0 Å². The molecule has 0 spiro atoms. The molecule has 5 aromatic rings. The molecular formula is C24H17F2N3O4. The molecule has 0 aliphatic rings. The minimum Gasteiger partial charge on any atom is -0.477 e. The average molecular weight is 449 g/mol. The standard InChI is InChI=1S/C24H17F2N3O4/c25-16-8-12(10-27)3-4-13(16)11-29-18-9-17(26)14-5-7-33-22(14)20(18)19(21(29)24(31)32)15-2-1-6-28-23(15)30/h1-9H,10-11,27H2,(H,28,30)(H,31,32). The molecule has 3 aromatic heterocycles. The number of nitrogens with zero attached hydrogens (tertiary/aromatic N) is 1. The number of H-pyrrole nitrogens is 1. The second-order valence-electron chi connectivity index (χ2n) is 7.57. The summed E-state index contributed by atoms with van der Waals surface area (Å²) in [5, 5.41) is 10.5. The molecule has 0 saturated carbocycles. The van der Waals surface area contributed by atoms with E-state index < -0.39 is 23.2 Å². The number of nitrogens with one attached hydrogen (secondary N) is 1. The van der Waals surface area contributed by atoms with Crippen molar-refractivity contribution in [2.75, 3.05) is 0 Å². The minimum atomic E-state index is -1.36. The summed E-state index contributed by atoms with van der Waals surface area (Å²) in [4.78, 5) is 27.6. The minimum absolute atomic E-state index is 0.0679. The zero-order chi connectivity index (χ0) is 23.3. The number of halogens is 2. The highest BCUT2D eigenvalue weighted by molar-refractivity contribution is 6.17. The molecule has 0 saturated heterocycles. The zero-order valence-electron chi connectivity index (χ0n) is 17.1. The van der Waals surface area contributed by atoms with E-state index >= 15 is 0 Å². The number of nitrogens with two attached hydrogens (primary N) is 1. The lowest BCUT2D eigenvalue weighted by atomic mass is 10.0. The zero-order valence-corrected chi connectivity index (χ0v) is 17.1. The quantitative estimate of drug-likeness (QED) is 0.372. The van der Waals surface area contributed by atoms with Gasteiger partial charge in [0.15, 0.2) is 0 Å². The number of hydrogen-bond donors (Lipinski definition) is 3. The van der Waals surface area contributed by atoms with E-state index in [1.165, 1.54) is 47.4 Å². The molecule has 0 aliphatic carbocycles. The smallest absolute Gasteiger partial charge is 0.353 e. The number of carbonyl (C=O) groups is 1. The fourth-order valence-electron chi connectivity index (χ4n) is 4.19. The Bertz CT molecular complexity index is 1610. The Balaban J connectivity index is 1.91. The molecule has 166 valence electrons. The lowest BCUT2D eigenvalue weighted by Crippen LogP contribution is -2.14. The number of benzene rings is 2. The van der Waals surface area contributed by atoms with Crippen LogP contribution >= 0.6 is 0 Å². The predicted octanol–water partition coefficient (Wildman–Crippen LogP) is 4.23. The topological polar surface area (TPSA) is 114 Å². The third kappa shape index (κ3) is 3.21. The van der Waals surface area contributed by atoms with Crippen LogP contribution in [0.15, 0.2) is 64.1 Å². The van der Waals surface area contributed by atoms with Crippen molar-refractivity contribution in [1.82, 2.24) is 9.55 Å². The second-order valence-corrected chi connectivity index (χ2v) is 7.57.